The number of alkyl halides is 2. The normalized spacial score (nSPS) is 11.6. The van der Waals surface area contributed by atoms with Gasteiger partial charge in [0.15, 0.2) is 11.5 Å². The second-order valence-corrected chi connectivity index (χ2v) is 8.10. The van der Waals surface area contributed by atoms with Crippen LogP contribution >= 0.6 is 45.2 Å². The van der Waals surface area contributed by atoms with E-state index >= 15 is 0 Å². The molecule has 3 rings (SSSR count). The average molecular weight is 612 g/mol. The van der Waals surface area contributed by atoms with E-state index in [1.165, 1.54) is 12.1 Å². The fourth-order valence-electron chi connectivity index (χ4n) is 2.70. The number of furan rings is 1. The zero-order valence-corrected chi connectivity index (χ0v) is 18.6. The van der Waals surface area contributed by atoms with Crippen LogP contribution in [-0.4, -0.2) is 23.0 Å². The molecule has 28 heavy (non-hydrogen) atoms. The van der Waals surface area contributed by atoms with Gasteiger partial charge in [-0.2, -0.15) is 8.78 Å². The fourth-order valence-corrected chi connectivity index (χ4v) is 4.69. The van der Waals surface area contributed by atoms with Crippen LogP contribution in [0.15, 0.2) is 40.8 Å². The molecule has 0 saturated heterocycles. The molecule has 1 aromatic heterocycles. The van der Waals surface area contributed by atoms with E-state index in [2.05, 4.69) is 4.74 Å². The molecule has 3 aromatic rings. The lowest BCUT2D eigenvalue weighted by molar-refractivity contribution is -0.211. The Balaban J connectivity index is 2.06. The first-order chi connectivity index (χ1) is 13.2. The molecule has 0 unspecified atom stereocenters. The van der Waals surface area contributed by atoms with Crippen molar-refractivity contribution in [3.8, 4) is 5.75 Å². The van der Waals surface area contributed by atoms with Gasteiger partial charge in [0.2, 0.25) is 0 Å². The number of rotatable bonds is 6. The summed E-state index contributed by atoms with van der Waals surface area (Å²) in [4.78, 5) is 23.8. The molecule has 0 amide bonds. The van der Waals surface area contributed by atoms with Crippen LogP contribution < -0.4 is 4.74 Å². The number of para-hydroxylation sites is 1. The van der Waals surface area contributed by atoms with Crippen LogP contribution in [0.25, 0.3) is 11.0 Å². The van der Waals surface area contributed by atoms with Crippen molar-refractivity contribution >= 4 is 67.9 Å². The smallest absolute Gasteiger partial charge is 0.474 e. The average Bonchev–Trinajstić information content (AvgIpc) is 3.02. The second kappa shape index (κ2) is 7.93. The van der Waals surface area contributed by atoms with E-state index < -0.39 is 12.1 Å². The van der Waals surface area contributed by atoms with E-state index in [1.807, 2.05) is 6.92 Å². The van der Waals surface area contributed by atoms with Gasteiger partial charge in [-0.05, 0) is 63.4 Å². The van der Waals surface area contributed by atoms with Gasteiger partial charge in [0.05, 0.1) is 12.7 Å². The van der Waals surface area contributed by atoms with Crippen molar-refractivity contribution in [3.05, 3.63) is 60.4 Å². The molecular formula is C19H12F2I2O5. The second-order valence-electron chi connectivity index (χ2n) is 5.77. The number of aryl methyl sites for hydroxylation is 1. The molecule has 2 aromatic carbocycles. The first-order valence-corrected chi connectivity index (χ1v) is 10.2. The zero-order valence-electron chi connectivity index (χ0n) is 14.3. The molecule has 0 spiro atoms. The molecule has 0 bridgehead atoms. The minimum atomic E-state index is -4.37. The Morgan fingerprint density at radius 2 is 1.79 bits per heavy atom. The summed E-state index contributed by atoms with van der Waals surface area (Å²) < 4.78 is 37.4. The Labute approximate surface area is 185 Å². The van der Waals surface area contributed by atoms with Crippen molar-refractivity contribution in [2.24, 2.45) is 0 Å². The van der Waals surface area contributed by atoms with Crippen molar-refractivity contribution in [2.75, 3.05) is 0 Å². The van der Waals surface area contributed by atoms with E-state index in [-0.39, 0.29) is 24.2 Å². The standard InChI is InChI=1S/C19H12F2I2O5/c1-2-13-15(10-5-3-4-6-14(10)27-13)16(24)9-7-11(22)17(12(23)8-9)28-19(20,21)18(25)26/h3-8H,2H2,1H3,(H,25,26). The highest BCUT2D eigenvalue weighted by atomic mass is 127. The molecule has 9 heteroatoms. The number of carbonyl (C=O) groups excluding carboxylic acids is 1. The number of halogens is 4. The van der Waals surface area contributed by atoms with Gasteiger partial charge in [-0.15, -0.1) is 0 Å². The quantitative estimate of drug-likeness (QED) is 0.295. The number of carboxylic acid groups (broad SMARTS) is 1. The Morgan fingerprint density at radius 1 is 1.18 bits per heavy atom. The number of ketones is 1. The van der Waals surface area contributed by atoms with Gasteiger partial charge < -0.3 is 14.3 Å². The topological polar surface area (TPSA) is 76.7 Å². The number of hydrogen-bond acceptors (Lipinski definition) is 4. The van der Waals surface area contributed by atoms with E-state index in [0.717, 1.165) is 0 Å². The lowest BCUT2D eigenvalue weighted by Crippen LogP contribution is -2.35. The van der Waals surface area contributed by atoms with Gasteiger partial charge in [-0.25, -0.2) is 4.79 Å². The molecule has 0 saturated carbocycles. The first kappa shape index (κ1) is 21.0. The predicted octanol–water partition coefficient (Wildman–Crippen LogP) is 5.49. The largest absolute Gasteiger partial charge is 0.501 e. The highest BCUT2D eigenvalue weighted by Crippen LogP contribution is 2.35. The number of carbonyl (C=O) groups is 2. The summed E-state index contributed by atoms with van der Waals surface area (Å²) in [5.74, 6) is -2.46. The molecule has 0 fully saturated rings. The van der Waals surface area contributed by atoms with Gasteiger partial charge in [0.1, 0.15) is 11.3 Å². The van der Waals surface area contributed by atoms with Crippen molar-refractivity contribution in [2.45, 2.75) is 19.5 Å². The SMILES string of the molecule is CCc1oc2ccccc2c1C(=O)c1cc(I)c(OC(F)(F)C(=O)O)c(I)c1. The minimum absolute atomic E-state index is 0.194. The zero-order chi connectivity index (χ0) is 20.6. The van der Waals surface area contributed by atoms with Gasteiger partial charge in [-0.3, -0.25) is 4.79 Å². The molecule has 1 heterocycles. The van der Waals surface area contributed by atoms with Gasteiger partial charge in [0.25, 0.3) is 0 Å². The van der Waals surface area contributed by atoms with Crippen LogP contribution in [-0.2, 0) is 11.2 Å². The molecule has 5 nitrogen and oxygen atoms in total. The van der Waals surface area contributed by atoms with Crippen molar-refractivity contribution in [3.63, 3.8) is 0 Å². The van der Waals surface area contributed by atoms with Crippen LogP contribution in [0.5, 0.6) is 5.75 Å². The molecule has 146 valence electrons. The van der Waals surface area contributed by atoms with Crippen LogP contribution in [0, 0.1) is 7.14 Å². The number of ether oxygens (including phenoxy) is 1. The van der Waals surface area contributed by atoms with E-state index in [1.54, 1.807) is 69.4 Å². The lowest BCUT2D eigenvalue weighted by Gasteiger charge is -2.16. The summed E-state index contributed by atoms with van der Waals surface area (Å²) in [6.07, 6.45) is -3.86. The molecule has 0 aliphatic heterocycles. The highest BCUT2D eigenvalue weighted by molar-refractivity contribution is 14.1. The summed E-state index contributed by atoms with van der Waals surface area (Å²) >= 11 is 3.46. The molecule has 0 atom stereocenters. The summed E-state index contributed by atoms with van der Waals surface area (Å²) in [5.41, 5.74) is 1.28. The molecule has 0 aliphatic rings. The number of fused-ring (bicyclic) bond motifs is 1. The van der Waals surface area contributed by atoms with Gasteiger partial charge >= 0.3 is 12.1 Å². The van der Waals surface area contributed by atoms with Crippen LogP contribution in [0.4, 0.5) is 8.78 Å². The van der Waals surface area contributed by atoms with E-state index in [9.17, 15) is 18.4 Å². The van der Waals surface area contributed by atoms with E-state index in [4.69, 9.17) is 9.52 Å². The van der Waals surface area contributed by atoms with Gasteiger partial charge in [0, 0.05) is 17.4 Å². The number of hydrogen-bond donors (Lipinski definition) is 1. The molecule has 1 N–H and O–H groups in total. The van der Waals surface area contributed by atoms with Crippen molar-refractivity contribution in [1.82, 2.24) is 0 Å². The molecular weight excluding hydrogens is 600 g/mol. The fraction of sp³-hybridized carbons (Fsp3) is 0.158. The summed E-state index contributed by atoms with van der Waals surface area (Å²) in [6.45, 7) is 1.87. The summed E-state index contributed by atoms with van der Waals surface area (Å²) in [5, 5.41) is 9.24. The maximum absolute atomic E-state index is 13.4. The number of aliphatic carboxylic acids is 1. The molecule has 0 aliphatic carbocycles. The first-order valence-electron chi connectivity index (χ1n) is 8.00. The lowest BCUT2D eigenvalue weighted by atomic mass is 9.99. The van der Waals surface area contributed by atoms with Gasteiger partial charge in [-0.1, -0.05) is 25.1 Å². The third kappa shape index (κ3) is 3.86. The number of carboxylic acids is 1. The Hall–Kier alpha value is -1.76. The van der Waals surface area contributed by atoms with Crippen molar-refractivity contribution in [1.29, 1.82) is 0 Å². The highest BCUT2D eigenvalue weighted by Gasteiger charge is 2.43. The predicted molar refractivity (Wildman–Crippen MR) is 114 cm³/mol. The summed E-state index contributed by atoms with van der Waals surface area (Å²) in [6, 6.07) is 9.93. The molecule has 0 radical (unpaired) electrons. The Morgan fingerprint density at radius 3 is 2.36 bits per heavy atom. The Bertz CT molecular complexity index is 1070. The Kier molecular flexibility index (Phi) is 5.94. The van der Waals surface area contributed by atoms with Crippen LogP contribution in [0.2, 0.25) is 0 Å². The van der Waals surface area contributed by atoms with Crippen LogP contribution in [0.3, 0.4) is 0 Å². The maximum Gasteiger partial charge on any atom is 0.501 e. The van der Waals surface area contributed by atoms with E-state index in [0.29, 0.717) is 28.7 Å². The third-order valence-electron chi connectivity index (χ3n) is 3.96. The van der Waals surface area contributed by atoms with Crippen molar-refractivity contribution < 1.29 is 32.6 Å². The monoisotopic (exact) mass is 612 g/mol. The maximum atomic E-state index is 13.4. The summed E-state index contributed by atoms with van der Waals surface area (Å²) in [7, 11) is 0. The van der Waals surface area contributed by atoms with Crippen LogP contribution in [0.1, 0.15) is 28.6 Å². The third-order valence-corrected chi connectivity index (χ3v) is 5.56. The minimum Gasteiger partial charge on any atom is -0.474 e. The number of benzene rings is 2.